The third-order valence-corrected chi connectivity index (χ3v) is 4.47. The van der Waals surface area contributed by atoms with Gasteiger partial charge in [-0.05, 0) is 20.3 Å². The maximum Gasteiger partial charge on any atom is 0.152 e. The third-order valence-electron chi connectivity index (χ3n) is 2.86. The monoisotopic (exact) mass is 259 g/mol. The molecule has 0 saturated carbocycles. The lowest BCUT2D eigenvalue weighted by Gasteiger charge is -2.27. The van der Waals surface area contributed by atoms with Gasteiger partial charge in [-0.1, -0.05) is 0 Å². The predicted molar refractivity (Wildman–Crippen MR) is 67.4 cm³/mol. The quantitative estimate of drug-likeness (QED) is 0.752. The van der Waals surface area contributed by atoms with Crippen LogP contribution in [0.1, 0.15) is 20.3 Å². The predicted octanol–water partition coefficient (Wildman–Crippen LogP) is -0.00292. The number of rotatable bonds is 5. The maximum absolute atomic E-state index is 11.2. The lowest BCUT2D eigenvalue weighted by Crippen LogP contribution is -2.43. The largest absolute Gasteiger partial charge is 0.301 e. The summed E-state index contributed by atoms with van der Waals surface area (Å²) in [5, 5.41) is 12.1. The number of sulfone groups is 1. The van der Waals surface area contributed by atoms with E-state index in [2.05, 4.69) is 16.3 Å². The topological polar surface area (TPSA) is 73.2 Å². The zero-order valence-corrected chi connectivity index (χ0v) is 11.3. The summed E-state index contributed by atoms with van der Waals surface area (Å²) in [6.45, 7) is 6.01. The van der Waals surface area contributed by atoms with Gasteiger partial charge in [-0.2, -0.15) is 5.26 Å². The highest BCUT2D eigenvalue weighted by Gasteiger charge is 2.22. The van der Waals surface area contributed by atoms with Crippen molar-refractivity contribution in [1.82, 2.24) is 10.2 Å². The molecular formula is C11H21N3O2S. The molecule has 1 rings (SSSR count). The Hall–Kier alpha value is -0.640. The Kier molecular flexibility index (Phi) is 5.37. The van der Waals surface area contributed by atoms with Gasteiger partial charge < -0.3 is 4.90 Å². The van der Waals surface area contributed by atoms with Gasteiger partial charge in [-0.3, -0.25) is 5.32 Å². The standard InChI is InChI=1S/C11H21N3O2S/c1-10(2)13-11(9-12)3-4-14-5-7-17(15,16)8-6-14/h10-11,13H,3-8H2,1-2H3. The zero-order valence-electron chi connectivity index (χ0n) is 10.5. The zero-order chi connectivity index (χ0) is 12.9. The number of hydrogen-bond acceptors (Lipinski definition) is 5. The van der Waals surface area contributed by atoms with Crippen molar-refractivity contribution in [2.24, 2.45) is 0 Å². The van der Waals surface area contributed by atoms with E-state index < -0.39 is 9.84 Å². The van der Waals surface area contributed by atoms with Gasteiger partial charge in [0.25, 0.3) is 0 Å². The van der Waals surface area contributed by atoms with Crippen LogP contribution in [0.15, 0.2) is 0 Å². The first kappa shape index (κ1) is 14.4. The van der Waals surface area contributed by atoms with Crippen LogP contribution < -0.4 is 5.32 Å². The Morgan fingerprint density at radius 2 is 1.94 bits per heavy atom. The molecule has 1 fully saturated rings. The highest BCUT2D eigenvalue weighted by Crippen LogP contribution is 2.05. The van der Waals surface area contributed by atoms with Gasteiger partial charge in [0.1, 0.15) is 0 Å². The molecule has 0 spiro atoms. The second-order valence-electron chi connectivity index (χ2n) is 4.79. The van der Waals surface area contributed by atoms with Gasteiger partial charge in [0.2, 0.25) is 0 Å². The summed E-state index contributed by atoms with van der Waals surface area (Å²) in [4.78, 5) is 2.12. The molecule has 98 valence electrons. The second-order valence-corrected chi connectivity index (χ2v) is 7.09. The first-order valence-corrected chi connectivity index (χ1v) is 7.83. The van der Waals surface area contributed by atoms with Gasteiger partial charge in [0.15, 0.2) is 9.84 Å². The second kappa shape index (κ2) is 6.34. The summed E-state index contributed by atoms with van der Waals surface area (Å²) in [5.41, 5.74) is 0. The molecule has 1 aliphatic heterocycles. The fraction of sp³-hybridized carbons (Fsp3) is 0.909. The van der Waals surface area contributed by atoms with Gasteiger partial charge >= 0.3 is 0 Å². The van der Waals surface area contributed by atoms with Crippen molar-refractivity contribution in [3.8, 4) is 6.07 Å². The molecule has 1 atom stereocenters. The molecule has 1 saturated heterocycles. The fourth-order valence-electron chi connectivity index (χ4n) is 1.87. The Bertz CT molecular complexity index is 359. The minimum Gasteiger partial charge on any atom is -0.301 e. The normalized spacial score (nSPS) is 22.2. The summed E-state index contributed by atoms with van der Waals surface area (Å²) in [5.74, 6) is 0.504. The van der Waals surface area contributed by atoms with Crippen molar-refractivity contribution >= 4 is 9.84 Å². The van der Waals surface area contributed by atoms with Crippen LogP contribution in [-0.2, 0) is 9.84 Å². The molecule has 1 aliphatic rings. The lowest BCUT2D eigenvalue weighted by atomic mass is 10.2. The van der Waals surface area contributed by atoms with Gasteiger partial charge in [0.05, 0.1) is 23.6 Å². The molecule has 0 aromatic carbocycles. The molecule has 0 aliphatic carbocycles. The molecule has 0 amide bonds. The Labute approximate surface area is 104 Å². The molecule has 17 heavy (non-hydrogen) atoms. The van der Waals surface area contributed by atoms with Crippen LogP contribution >= 0.6 is 0 Å². The van der Waals surface area contributed by atoms with Crippen LogP contribution in [0.4, 0.5) is 0 Å². The Balaban J connectivity index is 2.29. The minimum atomic E-state index is -2.80. The number of nitrogens with one attached hydrogen (secondary N) is 1. The molecule has 6 heteroatoms. The number of hydrogen-bond donors (Lipinski definition) is 1. The molecule has 1 N–H and O–H groups in total. The maximum atomic E-state index is 11.2. The molecule has 0 aromatic heterocycles. The molecule has 0 radical (unpaired) electrons. The molecule has 1 unspecified atom stereocenters. The summed E-state index contributed by atoms with van der Waals surface area (Å²) in [7, 11) is -2.80. The molecule has 0 bridgehead atoms. The van der Waals surface area contributed by atoms with Crippen LogP contribution in [0.3, 0.4) is 0 Å². The van der Waals surface area contributed by atoms with E-state index in [1.54, 1.807) is 0 Å². The van der Waals surface area contributed by atoms with E-state index in [0.29, 0.717) is 19.1 Å². The average molecular weight is 259 g/mol. The number of nitrogens with zero attached hydrogens (tertiary/aromatic N) is 2. The van der Waals surface area contributed by atoms with Crippen LogP contribution in [-0.4, -0.2) is 56.5 Å². The first-order valence-electron chi connectivity index (χ1n) is 6.01. The van der Waals surface area contributed by atoms with E-state index in [0.717, 1.165) is 13.0 Å². The molecular weight excluding hydrogens is 238 g/mol. The van der Waals surface area contributed by atoms with E-state index in [9.17, 15) is 8.42 Å². The van der Waals surface area contributed by atoms with Crippen molar-refractivity contribution in [2.75, 3.05) is 31.1 Å². The van der Waals surface area contributed by atoms with E-state index in [-0.39, 0.29) is 17.5 Å². The highest BCUT2D eigenvalue weighted by atomic mass is 32.2. The molecule has 0 aromatic rings. The molecule has 1 heterocycles. The minimum absolute atomic E-state index is 0.145. The van der Waals surface area contributed by atoms with Crippen molar-refractivity contribution in [2.45, 2.75) is 32.4 Å². The van der Waals surface area contributed by atoms with Crippen molar-refractivity contribution in [3.05, 3.63) is 0 Å². The summed E-state index contributed by atoms with van der Waals surface area (Å²) in [6, 6.07) is 2.38. The SMILES string of the molecule is CC(C)NC(C#N)CCN1CCS(=O)(=O)CC1. The number of nitriles is 1. The van der Waals surface area contributed by atoms with Crippen LogP contribution in [0.5, 0.6) is 0 Å². The highest BCUT2D eigenvalue weighted by molar-refractivity contribution is 7.91. The van der Waals surface area contributed by atoms with Crippen LogP contribution in [0.2, 0.25) is 0 Å². The first-order chi connectivity index (χ1) is 7.93. The summed E-state index contributed by atoms with van der Waals surface area (Å²) >= 11 is 0. The van der Waals surface area contributed by atoms with E-state index in [4.69, 9.17) is 5.26 Å². The van der Waals surface area contributed by atoms with Crippen LogP contribution in [0, 0.1) is 11.3 Å². The van der Waals surface area contributed by atoms with Crippen molar-refractivity contribution in [1.29, 1.82) is 5.26 Å². The lowest BCUT2D eigenvalue weighted by molar-refractivity contribution is 0.281. The smallest absolute Gasteiger partial charge is 0.152 e. The van der Waals surface area contributed by atoms with E-state index in [1.807, 2.05) is 13.8 Å². The van der Waals surface area contributed by atoms with E-state index >= 15 is 0 Å². The van der Waals surface area contributed by atoms with Crippen molar-refractivity contribution < 1.29 is 8.42 Å². The van der Waals surface area contributed by atoms with Gasteiger partial charge in [-0.25, -0.2) is 8.42 Å². The molecule has 5 nitrogen and oxygen atoms in total. The van der Waals surface area contributed by atoms with Crippen molar-refractivity contribution in [3.63, 3.8) is 0 Å². The van der Waals surface area contributed by atoms with E-state index in [1.165, 1.54) is 0 Å². The van der Waals surface area contributed by atoms with Gasteiger partial charge in [-0.15, -0.1) is 0 Å². The Morgan fingerprint density at radius 3 is 2.41 bits per heavy atom. The average Bonchev–Trinajstić information content (AvgIpc) is 2.25. The summed E-state index contributed by atoms with van der Waals surface area (Å²) < 4.78 is 22.5. The Morgan fingerprint density at radius 1 is 1.35 bits per heavy atom. The van der Waals surface area contributed by atoms with Crippen LogP contribution in [0.25, 0.3) is 0 Å². The fourth-order valence-corrected chi connectivity index (χ4v) is 3.15. The third kappa shape index (κ3) is 5.48. The van der Waals surface area contributed by atoms with Gasteiger partial charge in [0, 0.05) is 25.7 Å². The summed E-state index contributed by atoms with van der Waals surface area (Å²) in [6.07, 6.45) is 0.745.